The molecule has 1 aliphatic rings. The van der Waals surface area contributed by atoms with Crippen molar-refractivity contribution in [1.29, 1.82) is 0 Å². The van der Waals surface area contributed by atoms with E-state index in [-0.39, 0.29) is 24.0 Å². The van der Waals surface area contributed by atoms with Crippen molar-refractivity contribution < 1.29 is 9.47 Å². The van der Waals surface area contributed by atoms with Crippen molar-refractivity contribution in [3.8, 4) is 5.75 Å². The first-order valence-corrected chi connectivity index (χ1v) is 8.92. The molecule has 25 heavy (non-hydrogen) atoms. The minimum atomic E-state index is 0. The molecule has 1 aromatic carbocycles. The van der Waals surface area contributed by atoms with Gasteiger partial charge in [-0.2, -0.15) is 0 Å². The van der Waals surface area contributed by atoms with Gasteiger partial charge >= 0.3 is 0 Å². The van der Waals surface area contributed by atoms with E-state index in [1.165, 1.54) is 31.2 Å². The Morgan fingerprint density at radius 2 is 2.00 bits per heavy atom. The van der Waals surface area contributed by atoms with E-state index in [9.17, 15) is 0 Å². The molecule has 6 heteroatoms. The first kappa shape index (κ1) is 22.0. The van der Waals surface area contributed by atoms with Crippen LogP contribution in [0.2, 0.25) is 0 Å². The molecule has 0 amide bonds. The molecule has 0 heterocycles. The molecule has 1 fully saturated rings. The highest BCUT2D eigenvalue weighted by atomic mass is 127. The molecule has 0 atom stereocenters. The molecule has 1 saturated carbocycles. The zero-order valence-electron chi connectivity index (χ0n) is 15.6. The van der Waals surface area contributed by atoms with Crippen molar-refractivity contribution in [2.45, 2.75) is 51.7 Å². The molecule has 142 valence electrons. The number of nitrogens with zero attached hydrogens (tertiary/aromatic N) is 1. The number of hydrogen-bond donors (Lipinski definition) is 2. The Morgan fingerprint density at radius 1 is 1.24 bits per heavy atom. The quantitative estimate of drug-likeness (QED) is 0.269. The zero-order chi connectivity index (χ0) is 17.2. The number of aryl methyl sites for hydroxylation is 1. The Kier molecular flexibility index (Phi) is 10.9. The zero-order valence-corrected chi connectivity index (χ0v) is 18.0. The summed E-state index contributed by atoms with van der Waals surface area (Å²) in [4.78, 5) is 4.26. The van der Waals surface area contributed by atoms with Crippen LogP contribution in [0.15, 0.2) is 23.2 Å². The van der Waals surface area contributed by atoms with E-state index >= 15 is 0 Å². The monoisotopic (exact) mass is 461 g/mol. The van der Waals surface area contributed by atoms with Crippen LogP contribution in [-0.2, 0) is 11.3 Å². The van der Waals surface area contributed by atoms with Crippen LogP contribution in [0.3, 0.4) is 0 Å². The fourth-order valence-electron chi connectivity index (χ4n) is 2.98. The first-order chi connectivity index (χ1) is 11.7. The standard InChI is InChI=1S/C19H31N3O2.HI/c1-15-9-10-16(18(13-15)23-3)14-22-19(20-2)21-11-6-12-24-17-7-4-5-8-17;/h9-10,13,17H,4-8,11-12,14H2,1-3H3,(H2,20,21,22);1H. The van der Waals surface area contributed by atoms with Gasteiger partial charge in [0.05, 0.1) is 13.2 Å². The molecule has 0 spiro atoms. The number of nitrogens with one attached hydrogen (secondary N) is 2. The Balaban J connectivity index is 0.00000312. The van der Waals surface area contributed by atoms with Crippen molar-refractivity contribution in [3.05, 3.63) is 29.3 Å². The predicted octanol–water partition coefficient (Wildman–Crippen LogP) is 3.64. The third-order valence-electron chi connectivity index (χ3n) is 4.38. The summed E-state index contributed by atoms with van der Waals surface area (Å²) in [5, 5.41) is 6.66. The summed E-state index contributed by atoms with van der Waals surface area (Å²) < 4.78 is 11.3. The van der Waals surface area contributed by atoms with Crippen LogP contribution < -0.4 is 15.4 Å². The molecule has 0 radical (unpaired) electrons. The minimum absolute atomic E-state index is 0. The maximum Gasteiger partial charge on any atom is 0.191 e. The smallest absolute Gasteiger partial charge is 0.191 e. The van der Waals surface area contributed by atoms with Crippen LogP contribution in [-0.4, -0.2) is 39.4 Å². The van der Waals surface area contributed by atoms with Crippen molar-refractivity contribution in [1.82, 2.24) is 10.6 Å². The Hall–Kier alpha value is -1.02. The van der Waals surface area contributed by atoms with Gasteiger partial charge in [0.1, 0.15) is 5.75 Å². The molecule has 0 aromatic heterocycles. The van der Waals surface area contributed by atoms with Gasteiger partial charge in [0.2, 0.25) is 0 Å². The van der Waals surface area contributed by atoms with Gasteiger partial charge in [-0.15, -0.1) is 24.0 Å². The molecule has 2 rings (SSSR count). The molecule has 1 aliphatic carbocycles. The van der Waals surface area contributed by atoms with Gasteiger partial charge in [-0.1, -0.05) is 25.0 Å². The largest absolute Gasteiger partial charge is 0.496 e. The summed E-state index contributed by atoms with van der Waals surface area (Å²) in [6.07, 6.45) is 6.59. The number of ether oxygens (including phenoxy) is 2. The topological polar surface area (TPSA) is 54.9 Å². The Labute approximate surface area is 169 Å². The fourth-order valence-corrected chi connectivity index (χ4v) is 2.98. The van der Waals surface area contributed by atoms with Gasteiger partial charge in [0, 0.05) is 32.3 Å². The van der Waals surface area contributed by atoms with Gasteiger partial charge in [0.25, 0.3) is 0 Å². The first-order valence-electron chi connectivity index (χ1n) is 8.92. The van der Waals surface area contributed by atoms with E-state index < -0.39 is 0 Å². The molecule has 2 N–H and O–H groups in total. The van der Waals surface area contributed by atoms with E-state index in [4.69, 9.17) is 9.47 Å². The lowest BCUT2D eigenvalue weighted by Gasteiger charge is -2.15. The number of hydrogen-bond acceptors (Lipinski definition) is 3. The summed E-state index contributed by atoms with van der Waals surface area (Å²) in [7, 11) is 3.49. The number of benzene rings is 1. The van der Waals surface area contributed by atoms with E-state index in [0.29, 0.717) is 12.6 Å². The SMILES string of the molecule is CN=C(NCCCOC1CCCC1)NCc1ccc(C)cc1OC.I. The second-order valence-corrected chi connectivity index (χ2v) is 6.30. The molecule has 0 unspecified atom stereocenters. The van der Waals surface area contributed by atoms with Gasteiger partial charge in [-0.25, -0.2) is 0 Å². The highest BCUT2D eigenvalue weighted by Crippen LogP contribution is 2.21. The Bertz CT molecular complexity index is 531. The average Bonchev–Trinajstić information content (AvgIpc) is 3.11. The third kappa shape index (κ3) is 7.81. The minimum Gasteiger partial charge on any atom is -0.496 e. The van der Waals surface area contributed by atoms with E-state index in [1.807, 2.05) is 6.07 Å². The van der Waals surface area contributed by atoms with Crippen molar-refractivity contribution in [3.63, 3.8) is 0 Å². The van der Waals surface area contributed by atoms with Crippen molar-refractivity contribution in [2.75, 3.05) is 27.3 Å². The van der Waals surface area contributed by atoms with Crippen LogP contribution in [0.25, 0.3) is 0 Å². The molecule has 1 aromatic rings. The van der Waals surface area contributed by atoms with Crippen molar-refractivity contribution in [2.24, 2.45) is 4.99 Å². The lowest BCUT2D eigenvalue weighted by molar-refractivity contribution is 0.0574. The number of methoxy groups -OCH3 is 1. The van der Waals surface area contributed by atoms with Crippen LogP contribution in [0.4, 0.5) is 0 Å². The predicted molar refractivity (Wildman–Crippen MR) is 114 cm³/mol. The second-order valence-electron chi connectivity index (χ2n) is 6.30. The lowest BCUT2D eigenvalue weighted by Crippen LogP contribution is -2.37. The summed E-state index contributed by atoms with van der Waals surface area (Å²) in [5.41, 5.74) is 2.32. The van der Waals surface area contributed by atoms with E-state index in [2.05, 4.69) is 34.7 Å². The van der Waals surface area contributed by atoms with Gasteiger partial charge in [-0.3, -0.25) is 4.99 Å². The summed E-state index contributed by atoms with van der Waals surface area (Å²) >= 11 is 0. The van der Waals surface area contributed by atoms with Crippen LogP contribution in [0.5, 0.6) is 5.75 Å². The third-order valence-corrected chi connectivity index (χ3v) is 4.38. The summed E-state index contributed by atoms with van der Waals surface area (Å²) in [6, 6.07) is 6.23. The maximum atomic E-state index is 5.87. The number of halogens is 1. The molecule has 0 aliphatic heterocycles. The number of aliphatic imine (C=N–C) groups is 1. The van der Waals surface area contributed by atoms with Crippen LogP contribution in [0.1, 0.15) is 43.2 Å². The fraction of sp³-hybridized carbons (Fsp3) is 0.632. The maximum absolute atomic E-state index is 5.87. The van der Waals surface area contributed by atoms with E-state index in [1.54, 1.807) is 14.2 Å². The van der Waals surface area contributed by atoms with Gasteiger partial charge in [-0.05, 0) is 37.8 Å². The normalized spacial score (nSPS) is 14.9. The van der Waals surface area contributed by atoms with Crippen LogP contribution in [0, 0.1) is 6.92 Å². The Morgan fingerprint density at radius 3 is 2.68 bits per heavy atom. The average molecular weight is 461 g/mol. The van der Waals surface area contributed by atoms with E-state index in [0.717, 1.165) is 36.8 Å². The molecule has 0 saturated heterocycles. The molecule has 0 bridgehead atoms. The highest BCUT2D eigenvalue weighted by Gasteiger charge is 2.14. The van der Waals surface area contributed by atoms with Gasteiger partial charge < -0.3 is 20.1 Å². The number of guanidine groups is 1. The second kappa shape index (κ2) is 12.4. The lowest BCUT2D eigenvalue weighted by atomic mass is 10.1. The number of rotatable bonds is 8. The van der Waals surface area contributed by atoms with Crippen LogP contribution >= 0.6 is 24.0 Å². The summed E-state index contributed by atoms with van der Waals surface area (Å²) in [5.74, 6) is 1.71. The molecule has 5 nitrogen and oxygen atoms in total. The molecular formula is C19H32IN3O2. The summed E-state index contributed by atoms with van der Waals surface area (Å²) in [6.45, 7) is 4.42. The van der Waals surface area contributed by atoms with Gasteiger partial charge in [0.15, 0.2) is 5.96 Å². The highest BCUT2D eigenvalue weighted by molar-refractivity contribution is 14.0. The molecular weight excluding hydrogens is 429 g/mol. The van der Waals surface area contributed by atoms with Crippen molar-refractivity contribution >= 4 is 29.9 Å².